The molecule has 1 heterocycles. The van der Waals surface area contributed by atoms with Crippen LogP contribution in [0.25, 0.3) is 0 Å². The van der Waals surface area contributed by atoms with E-state index in [1.165, 1.54) is 28.1 Å². The molecule has 1 aliphatic heterocycles. The molecule has 36 heavy (non-hydrogen) atoms. The molecule has 1 aliphatic rings. The molecule has 12 heteroatoms. The van der Waals surface area contributed by atoms with Crippen LogP contribution in [0.5, 0.6) is 0 Å². The fourth-order valence-electron chi connectivity index (χ4n) is 2.45. The van der Waals surface area contributed by atoms with Crippen LogP contribution in [0, 0.1) is 10.8 Å². The molecule has 12 nitrogen and oxygen atoms in total. The second-order valence-electron chi connectivity index (χ2n) is 8.76. The first-order valence-corrected chi connectivity index (χ1v) is 11.2. The molecule has 1 saturated heterocycles. The molecular formula is C24H44O12. The zero-order chi connectivity index (χ0) is 27.1. The van der Waals surface area contributed by atoms with Gasteiger partial charge in [-0.15, -0.1) is 0 Å². The monoisotopic (exact) mass is 524 g/mol. The number of carbonyl (C=O) groups is 4. The van der Waals surface area contributed by atoms with Gasteiger partial charge in [0.2, 0.25) is 0 Å². The van der Waals surface area contributed by atoms with Crippen molar-refractivity contribution < 1.29 is 57.4 Å². The largest absolute Gasteiger partial charge is 0.465 e. The summed E-state index contributed by atoms with van der Waals surface area (Å²) in [5.74, 6) is -1.92. The van der Waals surface area contributed by atoms with Gasteiger partial charge in [-0.05, 0) is 20.3 Å². The maximum atomic E-state index is 11.9. The van der Waals surface area contributed by atoms with Gasteiger partial charge >= 0.3 is 23.9 Å². The van der Waals surface area contributed by atoms with Gasteiger partial charge in [0.15, 0.2) is 0 Å². The number of carbonyl (C=O) groups excluding carboxylic acids is 4. The summed E-state index contributed by atoms with van der Waals surface area (Å²) in [5.41, 5.74) is -2.04. The highest BCUT2D eigenvalue weighted by atomic mass is 16.6. The Labute approximate surface area is 213 Å². The summed E-state index contributed by atoms with van der Waals surface area (Å²) in [7, 11) is 2.92. The zero-order valence-electron chi connectivity index (χ0n) is 21.7. The number of aliphatic hydroxyl groups excluding tert-OH is 1. The normalized spacial score (nSPS) is 17.9. The quantitative estimate of drug-likeness (QED) is 0.186. The molecule has 4 atom stereocenters. The summed E-state index contributed by atoms with van der Waals surface area (Å²) < 4.78 is 34.6. The van der Waals surface area contributed by atoms with Gasteiger partial charge in [0.1, 0.15) is 43.4 Å². The Kier molecular flexibility index (Phi) is 18.0. The Hall–Kier alpha value is -2.28. The zero-order valence-corrected chi connectivity index (χ0v) is 21.7. The fourth-order valence-corrected chi connectivity index (χ4v) is 2.45. The van der Waals surface area contributed by atoms with Crippen molar-refractivity contribution >= 4 is 23.9 Å². The van der Waals surface area contributed by atoms with Crippen molar-refractivity contribution in [1.29, 1.82) is 0 Å². The van der Waals surface area contributed by atoms with Gasteiger partial charge in [0, 0.05) is 28.1 Å². The Balaban J connectivity index is 0. The summed E-state index contributed by atoms with van der Waals surface area (Å²) in [5, 5.41) is 9.33. The number of ether oxygens (including phenoxy) is 7. The molecular weight excluding hydrogens is 480 g/mol. The molecule has 4 unspecified atom stereocenters. The van der Waals surface area contributed by atoms with E-state index in [0.717, 1.165) is 0 Å². The third kappa shape index (κ3) is 15.0. The molecule has 0 spiro atoms. The smallest absolute Gasteiger partial charge is 0.317 e. The van der Waals surface area contributed by atoms with Crippen molar-refractivity contribution in [3.63, 3.8) is 0 Å². The fraction of sp³-hybridized carbons (Fsp3) is 0.833. The highest BCUT2D eigenvalue weighted by molar-refractivity contribution is 5.78. The van der Waals surface area contributed by atoms with Crippen molar-refractivity contribution in [3.05, 3.63) is 0 Å². The van der Waals surface area contributed by atoms with E-state index < -0.39 is 40.8 Å². The molecule has 0 radical (unpaired) electrons. The van der Waals surface area contributed by atoms with Gasteiger partial charge in [-0.3, -0.25) is 19.2 Å². The van der Waals surface area contributed by atoms with Crippen LogP contribution in [-0.2, 0) is 52.3 Å². The molecule has 0 saturated carbocycles. The molecule has 1 fully saturated rings. The van der Waals surface area contributed by atoms with Gasteiger partial charge in [0.25, 0.3) is 0 Å². The Morgan fingerprint density at radius 3 is 1.61 bits per heavy atom. The molecule has 0 amide bonds. The van der Waals surface area contributed by atoms with Crippen LogP contribution in [0.4, 0.5) is 0 Å². The first-order chi connectivity index (χ1) is 16.3. The standard InChI is InChI=1S/C12H22O6.C11H18O6.CH4/c1-5-10(14)6-17-11(15)12(3,7-16-4)8-18-9(2)13;1-8(12)17-7-11(2,6-14-3)10(13)16-5-9-4-15-9;/h10,14H,5-8H2,1-4H3;9H,4-7H2,1-3H3;1H4. The minimum atomic E-state index is -1.06. The average molecular weight is 525 g/mol. The van der Waals surface area contributed by atoms with E-state index in [0.29, 0.717) is 13.0 Å². The summed E-state index contributed by atoms with van der Waals surface area (Å²) in [6.45, 7) is 8.37. The van der Waals surface area contributed by atoms with Crippen molar-refractivity contribution in [1.82, 2.24) is 0 Å². The van der Waals surface area contributed by atoms with Crippen molar-refractivity contribution in [2.75, 3.05) is 60.5 Å². The predicted molar refractivity (Wildman–Crippen MR) is 128 cm³/mol. The Morgan fingerprint density at radius 2 is 1.28 bits per heavy atom. The second kappa shape index (κ2) is 18.0. The lowest BCUT2D eigenvalue weighted by Crippen LogP contribution is -2.40. The lowest BCUT2D eigenvalue weighted by atomic mass is 9.93. The number of aliphatic hydroxyl groups is 1. The number of methoxy groups -OCH3 is 2. The van der Waals surface area contributed by atoms with E-state index in [2.05, 4.69) is 0 Å². The lowest BCUT2D eigenvalue weighted by Gasteiger charge is -2.26. The summed E-state index contributed by atoms with van der Waals surface area (Å²) in [4.78, 5) is 45.3. The molecule has 0 aromatic heterocycles. The maximum absolute atomic E-state index is 11.9. The molecule has 0 aliphatic carbocycles. The Morgan fingerprint density at radius 1 is 0.861 bits per heavy atom. The van der Waals surface area contributed by atoms with E-state index in [-0.39, 0.29) is 53.2 Å². The summed E-state index contributed by atoms with van der Waals surface area (Å²) in [6, 6.07) is 0. The van der Waals surface area contributed by atoms with Crippen LogP contribution in [0.1, 0.15) is 48.5 Å². The predicted octanol–water partition coefficient (Wildman–Crippen LogP) is 1.30. The topological polar surface area (TPSA) is 156 Å². The van der Waals surface area contributed by atoms with Gasteiger partial charge in [-0.25, -0.2) is 0 Å². The first kappa shape index (κ1) is 35.9. The van der Waals surface area contributed by atoms with Crippen LogP contribution >= 0.6 is 0 Å². The van der Waals surface area contributed by atoms with Crippen molar-refractivity contribution in [2.24, 2.45) is 10.8 Å². The number of esters is 4. The molecule has 1 N–H and O–H groups in total. The number of hydrogen-bond acceptors (Lipinski definition) is 12. The Bertz CT molecular complexity index is 678. The third-order valence-corrected chi connectivity index (χ3v) is 4.78. The van der Waals surface area contributed by atoms with Crippen LogP contribution in [0.15, 0.2) is 0 Å². The van der Waals surface area contributed by atoms with Gasteiger partial charge < -0.3 is 38.3 Å². The van der Waals surface area contributed by atoms with Gasteiger partial charge in [-0.2, -0.15) is 0 Å². The molecule has 0 bridgehead atoms. The summed E-state index contributed by atoms with van der Waals surface area (Å²) in [6.07, 6.45) is -0.174. The number of epoxide rings is 1. The van der Waals surface area contributed by atoms with E-state index in [4.69, 9.17) is 33.2 Å². The van der Waals surface area contributed by atoms with E-state index in [9.17, 15) is 24.3 Å². The maximum Gasteiger partial charge on any atom is 0.317 e. The second-order valence-corrected chi connectivity index (χ2v) is 8.76. The summed E-state index contributed by atoms with van der Waals surface area (Å²) >= 11 is 0. The van der Waals surface area contributed by atoms with E-state index in [1.54, 1.807) is 20.8 Å². The van der Waals surface area contributed by atoms with Gasteiger partial charge in [-0.1, -0.05) is 14.4 Å². The lowest BCUT2D eigenvalue weighted by molar-refractivity contribution is -0.169. The first-order valence-electron chi connectivity index (χ1n) is 11.2. The van der Waals surface area contributed by atoms with Crippen LogP contribution in [0.2, 0.25) is 0 Å². The van der Waals surface area contributed by atoms with Crippen LogP contribution in [-0.4, -0.2) is 102 Å². The average Bonchev–Trinajstić information content (AvgIpc) is 3.63. The highest BCUT2D eigenvalue weighted by Gasteiger charge is 2.38. The molecule has 0 aromatic rings. The SMILES string of the molecule is C.CCC(O)COC(=O)C(C)(COC)COC(C)=O.COCC(C)(COC(C)=O)C(=O)OCC1CO1. The minimum Gasteiger partial charge on any atom is -0.465 e. The minimum absolute atomic E-state index is 0. The van der Waals surface area contributed by atoms with E-state index >= 15 is 0 Å². The number of rotatable bonds is 15. The molecule has 1 rings (SSSR count). The van der Waals surface area contributed by atoms with Crippen LogP contribution < -0.4 is 0 Å². The number of hydrogen-bond donors (Lipinski definition) is 1. The third-order valence-electron chi connectivity index (χ3n) is 4.78. The van der Waals surface area contributed by atoms with E-state index in [1.807, 2.05) is 0 Å². The van der Waals surface area contributed by atoms with Crippen LogP contribution in [0.3, 0.4) is 0 Å². The van der Waals surface area contributed by atoms with Crippen molar-refractivity contribution in [3.8, 4) is 0 Å². The highest BCUT2D eigenvalue weighted by Crippen LogP contribution is 2.22. The molecule has 212 valence electrons. The van der Waals surface area contributed by atoms with Gasteiger partial charge in [0.05, 0.1) is 25.9 Å². The molecule has 0 aromatic carbocycles. The van der Waals surface area contributed by atoms with Crippen molar-refractivity contribution in [2.45, 2.75) is 60.7 Å².